The molecule has 2 aromatic rings. The Morgan fingerprint density at radius 1 is 1.10 bits per heavy atom. The number of benzene rings is 2. The summed E-state index contributed by atoms with van der Waals surface area (Å²) in [5.74, 6) is -1.96. The van der Waals surface area contributed by atoms with Gasteiger partial charge in [0.2, 0.25) is 11.8 Å². The van der Waals surface area contributed by atoms with Crippen molar-refractivity contribution in [3.05, 3.63) is 64.7 Å². The molecule has 1 atom stereocenters. The lowest BCUT2D eigenvalue weighted by atomic mass is 9.88. The van der Waals surface area contributed by atoms with E-state index in [4.69, 9.17) is 0 Å². The second-order valence-electron chi connectivity index (χ2n) is 8.81. The minimum absolute atomic E-state index is 0.0410. The van der Waals surface area contributed by atoms with Crippen LogP contribution in [0.2, 0.25) is 0 Å². The van der Waals surface area contributed by atoms with Gasteiger partial charge in [0.25, 0.3) is 0 Å². The smallest absolute Gasteiger partial charge is 0.244 e. The molecule has 1 fully saturated rings. The average molecular weight is 427 g/mol. The van der Waals surface area contributed by atoms with Gasteiger partial charge in [-0.2, -0.15) is 0 Å². The summed E-state index contributed by atoms with van der Waals surface area (Å²) in [4.78, 5) is 27.5. The van der Waals surface area contributed by atoms with Crippen LogP contribution < -0.4 is 10.6 Å². The van der Waals surface area contributed by atoms with Crippen molar-refractivity contribution < 1.29 is 18.4 Å². The summed E-state index contributed by atoms with van der Waals surface area (Å²) in [7, 11) is 0. The second-order valence-corrected chi connectivity index (χ2v) is 8.81. The highest BCUT2D eigenvalue weighted by Gasteiger charge is 2.39. The van der Waals surface area contributed by atoms with E-state index in [2.05, 4.69) is 10.6 Å². The van der Waals surface area contributed by atoms with Gasteiger partial charge in [-0.1, -0.05) is 6.07 Å². The first-order valence-corrected chi connectivity index (χ1v) is 10.7. The fourth-order valence-corrected chi connectivity index (χ4v) is 4.53. The highest BCUT2D eigenvalue weighted by Crippen LogP contribution is 2.29. The fraction of sp³-hybridized carbons (Fsp3) is 0.417. The predicted octanol–water partition coefficient (Wildman–Crippen LogP) is 3.42. The van der Waals surface area contributed by atoms with E-state index in [1.165, 1.54) is 28.2 Å². The molecule has 0 bridgehead atoms. The summed E-state index contributed by atoms with van der Waals surface area (Å²) in [6.07, 6.45) is 3.82. The van der Waals surface area contributed by atoms with Gasteiger partial charge in [0.15, 0.2) is 0 Å². The van der Waals surface area contributed by atoms with Crippen LogP contribution in [0.3, 0.4) is 0 Å². The van der Waals surface area contributed by atoms with Crippen LogP contribution in [0, 0.1) is 17.0 Å². The Morgan fingerprint density at radius 2 is 1.84 bits per heavy atom. The normalized spacial score (nSPS) is 19.8. The maximum absolute atomic E-state index is 13.7. The number of amides is 2. The maximum atomic E-state index is 13.7. The number of aryl methyl sites for hydroxylation is 2. The van der Waals surface area contributed by atoms with E-state index >= 15 is 0 Å². The van der Waals surface area contributed by atoms with Gasteiger partial charge in [-0.15, -0.1) is 0 Å². The molecule has 5 nitrogen and oxygen atoms in total. The van der Waals surface area contributed by atoms with Gasteiger partial charge in [0.1, 0.15) is 18.2 Å². The summed E-state index contributed by atoms with van der Waals surface area (Å²) in [6.45, 7) is 2.84. The van der Waals surface area contributed by atoms with Crippen LogP contribution in [0.25, 0.3) is 0 Å². The van der Waals surface area contributed by atoms with E-state index in [0.29, 0.717) is 30.8 Å². The predicted molar refractivity (Wildman–Crippen MR) is 114 cm³/mol. The average Bonchev–Trinajstić information content (AvgIpc) is 3.35. The first-order valence-electron chi connectivity index (χ1n) is 10.7. The molecule has 31 heavy (non-hydrogen) atoms. The third-order valence-corrected chi connectivity index (χ3v) is 6.18. The van der Waals surface area contributed by atoms with E-state index in [0.717, 1.165) is 25.3 Å². The zero-order valence-corrected chi connectivity index (χ0v) is 17.6. The lowest BCUT2D eigenvalue weighted by Crippen LogP contribution is -2.46. The number of nitrogens with zero attached hydrogens (tertiary/aromatic N) is 1. The first kappa shape index (κ1) is 21.4. The highest BCUT2D eigenvalue weighted by atomic mass is 19.1. The Balaban J connectivity index is 1.51. The quantitative estimate of drug-likeness (QED) is 0.743. The van der Waals surface area contributed by atoms with E-state index in [9.17, 15) is 18.4 Å². The largest absolute Gasteiger partial charge is 0.329 e. The van der Waals surface area contributed by atoms with E-state index in [-0.39, 0.29) is 24.9 Å². The first-order chi connectivity index (χ1) is 14.8. The van der Waals surface area contributed by atoms with Crippen LogP contribution in [0.1, 0.15) is 36.5 Å². The minimum atomic E-state index is -0.710. The number of rotatable bonds is 6. The standard InChI is InChI=1S/C24H27F2N3O2/c1-24(7-8-27-15-24)23(31)29(13-16-9-19(25)12-20(26)10-16)14-22(30)28-21-6-5-17-3-2-4-18(17)11-21/h5-6,9-12,27H,2-4,7-8,13-15H2,1H3,(H,28,30). The highest BCUT2D eigenvalue weighted by molar-refractivity contribution is 5.95. The number of hydrogen-bond acceptors (Lipinski definition) is 3. The SMILES string of the molecule is CC1(C(=O)N(CC(=O)Nc2ccc3c(c2)CCC3)Cc2cc(F)cc(F)c2)CCNC1. The van der Waals surface area contributed by atoms with Gasteiger partial charge < -0.3 is 15.5 Å². The molecular formula is C24H27F2N3O2. The van der Waals surface area contributed by atoms with Gasteiger partial charge >= 0.3 is 0 Å². The zero-order chi connectivity index (χ0) is 22.0. The van der Waals surface area contributed by atoms with Crippen LogP contribution in [0.5, 0.6) is 0 Å². The lowest BCUT2D eigenvalue weighted by Gasteiger charge is -2.31. The molecule has 0 saturated carbocycles. The number of carbonyl (C=O) groups is 2. The molecule has 7 heteroatoms. The molecule has 2 amide bonds. The van der Waals surface area contributed by atoms with Gasteiger partial charge in [-0.25, -0.2) is 8.78 Å². The van der Waals surface area contributed by atoms with E-state index < -0.39 is 17.0 Å². The zero-order valence-electron chi connectivity index (χ0n) is 17.6. The van der Waals surface area contributed by atoms with Crippen LogP contribution >= 0.6 is 0 Å². The van der Waals surface area contributed by atoms with Crippen molar-refractivity contribution in [2.24, 2.45) is 5.41 Å². The Kier molecular flexibility index (Phi) is 6.05. The number of fused-ring (bicyclic) bond motifs is 1. The molecule has 0 radical (unpaired) electrons. The number of carbonyl (C=O) groups excluding carboxylic acids is 2. The molecule has 0 spiro atoms. The monoisotopic (exact) mass is 427 g/mol. The Hall–Kier alpha value is -2.80. The summed E-state index contributed by atoms with van der Waals surface area (Å²) < 4.78 is 27.4. The summed E-state index contributed by atoms with van der Waals surface area (Å²) >= 11 is 0. The van der Waals surface area contributed by atoms with Crippen molar-refractivity contribution in [2.45, 2.75) is 39.2 Å². The van der Waals surface area contributed by atoms with Crippen molar-refractivity contribution in [3.8, 4) is 0 Å². The van der Waals surface area contributed by atoms with Crippen molar-refractivity contribution in [1.29, 1.82) is 0 Å². The summed E-state index contributed by atoms with van der Waals surface area (Å²) in [5.41, 5.74) is 2.91. The molecule has 1 saturated heterocycles. The fourth-order valence-electron chi connectivity index (χ4n) is 4.53. The van der Waals surface area contributed by atoms with Crippen molar-refractivity contribution in [2.75, 3.05) is 25.0 Å². The van der Waals surface area contributed by atoms with Crippen LogP contribution in [0.4, 0.5) is 14.5 Å². The molecule has 2 aromatic carbocycles. The van der Waals surface area contributed by atoms with Crippen LogP contribution in [0.15, 0.2) is 36.4 Å². The Labute approximate surface area is 180 Å². The Morgan fingerprint density at radius 3 is 2.55 bits per heavy atom. The molecule has 2 aliphatic rings. The van der Waals surface area contributed by atoms with Gasteiger partial charge in [0, 0.05) is 24.8 Å². The van der Waals surface area contributed by atoms with Crippen molar-refractivity contribution in [1.82, 2.24) is 10.2 Å². The summed E-state index contributed by atoms with van der Waals surface area (Å²) in [5, 5.41) is 6.05. The molecule has 2 N–H and O–H groups in total. The van der Waals surface area contributed by atoms with E-state index in [1.54, 1.807) is 0 Å². The molecular weight excluding hydrogens is 400 g/mol. The number of halogens is 2. The van der Waals surface area contributed by atoms with Crippen LogP contribution in [-0.2, 0) is 29.0 Å². The molecule has 164 valence electrons. The molecule has 4 rings (SSSR count). The maximum Gasteiger partial charge on any atom is 0.244 e. The van der Waals surface area contributed by atoms with Gasteiger partial charge in [-0.3, -0.25) is 9.59 Å². The van der Waals surface area contributed by atoms with E-state index in [1.807, 2.05) is 25.1 Å². The third-order valence-electron chi connectivity index (χ3n) is 6.18. The number of nitrogens with one attached hydrogen (secondary N) is 2. The van der Waals surface area contributed by atoms with Crippen LogP contribution in [-0.4, -0.2) is 36.3 Å². The molecule has 0 aromatic heterocycles. The minimum Gasteiger partial charge on any atom is -0.329 e. The second kappa shape index (κ2) is 8.75. The number of hydrogen-bond donors (Lipinski definition) is 2. The molecule has 1 heterocycles. The molecule has 1 aliphatic heterocycles. The summed E-state index contributed by atoms with van der Waals surface area (Å²) in [6, 6.07) is 9.06. The number of anilines is 1. The topological polar surface area (TPSA) is 61.4 Å². The van der Waals surface area contributed by atoms with Gasteiger partial charge in [0.05, 0.1) is 5.41 Å². The van der Waals surface area contributed by atoms with Gasteiger partial charge in [-0.05, 0) is 80.1 Å². The molecule has 1 aliphatic carbocycles. The van der Waals surface area contributed by atoms with Crippen molar-refractivity contribution in [3.63, 3.8) is 0 Å². The lowest BCUT2D eigenvalue weighted by molar-refractivity contribution is -0.143. The molecule has 1 unspecified atom stereocenters. The van der Waals surface area contributed by atoms with Crippen molar-refractivity contribution >= 4 is 17.5 Å². The third kappa shape index (κ3) is 4.93. The Bertz CT molecular complexity index is 982.